The van der Waals surface area contributed by atoms with Crippen LogP contribution in [0.25, 0.3) is 11.0 Å². The number of nitrogens with two attached hydrogens (primary N) is 1. The predicted octanol–water partition coefficient (Wildman–Crippen LogP) is 0.621. The van der Waals surface area contributed by atoms with Crippen molar-refractivity contribution in [2.45, 2.75) is 6.92 Å². The number of pyridine rings is 1. The lowest BCUT2D eigenvalue weighted by atomic mass is 10.3. The Morgan fingerprint density at radius 2 is 2.20 bits per heavy atom. The molecule has 0 fully saturated rings. The summed E-state index contributed by atoms with van der Waals surface area (Å²) < 4.78 is 19.6. The maximum absolute atomic E-state index is 8.78. The zero-order valence-corrected chi connectivity index (χ0v) is 9.32. The molecule has 2 N–H and O–H groups in total. The summed E-state index contributed by atoms with van der Waals surface area (Å²) in [6.07, 6.45) is 1.82. The van der Waals surface area contributed by atoms with E-state index in [0.29, 0.717) is 0 Å². The monoisotopic (exact) mass is 226 g/mol. The van der Waals surface area contributed by atoms with E-state index in [1.54, 1.807) is 0 Å². The summed E-state index contributed by atoms with van der Waals surface area (Å²) in [5.41, 5.74) is 2.31. The predicted molar refractivity (Wildman–Crippen MR) is 58.6 cm³/mol. The van der Waals surface area contributed by atoms with Crippen molar-refractivity contribution in [2.75, 3.05) is 0 Å². The van der Waals surface area contributed by atoms with Crippen molar-refractivity contribution in [1.82, 2.24) is 9.55 Å². The molecule has 2 heterocycles. The molecule has 2 aromatic heterocycles. The number of hydrogen-bond donors (Lipinski definition) is 1. The van der Waals surface area contributed by atoms with Crippen molar-refractivity contribution in [3.05, 3.63) is 30.1 Å². The highest BCUT2D eigenvalue weighted by molar-refractivity contribution is 7.76. The minimum atomic E-state index is -2.36. The van der Waals surface area contributed by atoms with Crippen LogP contribution < -0.4 is 5.14 Å². The minimum absolute atomic E-state index is 1.06. The Morgan fingerprint density at radius 3 is 2.73 bits per heavy atom. The summed E-state index contributed by atoms with van der Waals surface area (Å²) in [6.45, 7) is 2.08. The van der Waals surface area contributed by atoms with Gasteiger partial charge in [0.05, 0.1) is 0 Å². The minimum Gasteiger partial charge on any atom is -0.760 e. The first-order valence-electron chi connectivity index (χ1n) is 4.23. The fourth-order valence-electron chi connectivity index (χ4n) is 1.29. The van der Waals surface area contributed by atoms with E-state index in [4.69, 9.17) is 8.76 Å². The normalized spacial score (nSPS) is 12.0. The van der Waals surface area contributed by atoms with Crippen molar-refractivity contribution in [2.24, 2.45) is 12.2 Å². The number of nitrogens with zero attached hydrogens (tertiary/aromatic N) is 2. The smallest absolute Gasteiger partial charge is 0.139 e. The van der Waals surface area contributed by atoms with Crippen LogP contribution in [-0.2, 0) is 18.3 Å². The van der Waals surface area contributed by atoms with E-state index >= 15 is 0 Å². The molecule has 82 valence electrons. The first kappa shape index (κ1) is 11.8. The summed E-state index contributed by atoms with van der Waals surface area (Å²) in [5, 5.41) is 5.24. The van der Waals surface area contributed by atoms with E-state index in [9.17, 15) is 0 Å². The molecule has 0 spiro atoms. The molecule has 0 saturated carbocycles. The highest BCUT2D eigenvalue weighted by Crippen LogP contribution is 2.14. The van der Waals surface area contributed by atoms with Crippen LogP contribution in [0.2, 0.25) is 0 Å². The molecular formula is C9H12N3O2S-. The van der Waals surface area contributed by atoms with Crippen molar-refractivity contribution >= 4 is 22.3 Å². The van der Waals surface area contributed by atoms with E-state index in [1.165, 1.54) is 11.1 Å². The number of rotatable bonds is 0. The second-order valence-corrected chi connectivity index (χ2v) is 3.54. The van der Waals surface area contributed by atoms with Crippen molar-refractivity contribution in [1.29, 1.82) is 0 Å². The maximum atomic E-state index is 8.78. The lowest BCUT2D eigenvalue weighted by Crippen LogP contribution is -1.97. The SMILES string of the molecule is Cc1cc2cccnc2n1C.NS(=O)[O-]. The molecule has 0 saturated heterocycles. The van der Waals surface area contributed by atoms with E-state index < -0.39 is 11.3 Å². The lowest BCUT2D eigenvalue weighted by Gasteiger charge is -1.95. The molecule has 0 radical (unpaired) electrons. The molecule has 0 aromatic carbocycles. The molecular weight excluding hydrogens is 214 g/mol. The van der Waals surface area contributed by atoms with Crippen molar-refractivity contribution in [3.63, 3.8) is 0 Å². The summed E-state index contributed by atoms with van der Waals surface area (Å²) >= 11 is -2.36. The molecule has 1 atom stereocenters. The zero-order chi connectivity index (χ0) is 11.4. The summed E-state index contributed by atoms with van der Waals surface area (Å²) in [4.78, 5) is 4.26. The third-order valence-corrected chi connectivity index (χ3v) is 2.03. The van der Waals surface area contributed by atoms with Gasteiger partial charge in [-0.25, -0.2) is 4.98 Å². The topological polar surface area (TPSA) is 84.0 Å². The van der Waals surface area contributed by atoms with Gasteiger partial charge in [-0.15, -0.1) is 0 Å². The number of fused-ring (bicyclic) bond motifs is 1. The molecule has 0 aliphatic carbocycles. The van der Waals surface area contributed by atoms with Gasteiger partial charge in [0.25, 0.3) is 0 Å². The molecule has 5 nitrogen and oxygen atoms in total. The fourth-order valence-corrected chi connectivity index (χ4v) is 1.29. The largest absolute Gasteiger partial charge is 0.760 e. The molecule has 0 bridgehead atoms. The van der Waals surface area contributed by atoms with Gasteiger partial charge < -0.3 is 9.12 Å². The second kappa shape index (κ2) is 5.01. The van der Waals surface area contributed by atoms with Crippen LogP contribution in [0.5, 0.6) is 0 Å². The van der Waals surface area contributed by atoms with Crippen molar-refractivity contribution in [3.8, 4) is 0 Å². The van der Waals surface area contributed by atoms with Gasteiger partial charge in [0, 0.05) is 35.6 Å². The summed E-state index contributed by atoms with van der Waals surface area (Å²) in [7, 11) is 2.03. The van der Waals surface area contributed by atoms with Gasteiger partial charge in [-0.05, 0) is 25.1 Å². The van der Waals surface area contributed by atoms with E-state index in [1.807, 2.05) is 19.3 Å². The van der Waals surface area contributed by atoms with Gasteiger partial charge in [-0.3, -0.25) is 9.35 Å². The molecule has 6 heteroatoms. The second-order valence-electron chi connectivity index (χ2n) is 3.02. The maximum Gasteiger partial charge on any atom is 0.139 e. The average molecular weight is 226 g/mol. The Bertz CT molecular complexity index is 477. The van der Waals surface area contributed by atoms with Gasteiger partial charge in [-0.2, -0.15) is 0 Å². The Hall–Kier alpha value is -1.24. The molecule has 1 unspecified atom stereocenters. The molecule has 2 aromatic rings. The van der Waals surface area contributed by atoms with Crippen LogP contribution in [0, 0.1) is 6.92 Å². The number of aryl methyl sites for hydroxylation is 2. The molecule has 0 aliphatic heterocycles. The Balaban J connectivity index is 0.000000245. The van der Waals surface area contributed by atoms with Gasteiger partial charge in [0.15, 0.2) is 0 Å². The molecule has 0 amide bonds. The van der Waals surface area contributed by atoms with Crippen LogP contribution in [0.15, 0.2) is 24.4 Å². The van der Waals surface area contributed by atoms with Gasteiger partial charge in [0.1, 0.15) is 5.65 Å². The Kier molecular flexibility index (Phi) is 3.96. The first-order valence-corrected chi connectivity index (χ1v) is 5.37. The van der Waals surface area contributed by atoms with Crippen LogP contribution >= 0.6 is 0 Å². The van der Waals surface area contributed by atoms with Crippen LogP contribution in [0.3, 0.4) is 0 Å². The van der Waals surface area contributed by atoms with E-state index in [0.717, 1.165) is 5.65 Å². The van der Waals surface area contributed by atoms with Crippen LogP contribution in [0.4, 0.5) is 0 Å². The van der Waals surface area contributed by atoms with Crippen LogP contribution in [-0.4, -0.2) is 18.3 Å². The fraction of sp³-hybridized carbons (Fsp3) is 0.222. The standard InChI is InChI=1S/C9H10N2.H3NO2S/c1-7-6-8-4-3-5-10-9(8)11(7)2;1-4(2)3/h3-6H,1-2H3;1H2,(H,2,3)/p-1. The highest BCUT2D eigenvalue weighted by atomic mass is 32.2. The van der Waals surface area contributed by atoms with E-state index in [-0.39, 0.29) is 0 Å². The first-order chi connectivity index (χ1) is 7.02. The summed E-state index contributed by atoms with van der Waals surface area (Å²) in [6, 6.07) is 6.18. The van der Waals surface area contributed by atoms with E-state index in [2.05, 4.69) is 33.7 Å². The number of aromatic nitrogens is 2. The van der Waals surface area contributed by atoms with Gasteiger partial charge >= 0.3 is 0 Å². The molecule has 2 rings (SSSR count). The number of hydrogen-bond acceptors (Lipinski definition) is 3. The quantitative estimate of drug-likeness (QED) is 0.668. The Labute approximate surface area is 90.3 Å². The van der Waals surface area contributed by atoms with Crippen molar-refractivity contribution < 1.29 is 8.76 Å². The summed E-state index contributed by atoms with van der Waals surface area (Å²) in [5.74, 6) is 0. The molecule has 15 heavy (non-hydrogen) atoms. The lowest BCUT2D eigenvalue weighted by molar-refractivity contribution is 0.539. The zero-order valence-electron chi connectivity index (χ0n) is 8.51. The third-order valence-electron chi connectivity index (χ3n) is 2.03. The molecule has 0 aliphatic rings. The Morgan fingerprint density at radius 1 is 1.60 bits per heavy atom. The average Bonchev–Trinajstić information content (AvgIpc) is 2.43. The highest BCUT2D eigenvalue weighted by Gasteiger charge is 1.99. The van der Waals surface area contributed by atoms with Crippen LogP contribution in [0.1, 0.15) is 5.69 Å². The van der Waals surface area contributed by atoms with Gasteiger partial charge in [-0.1, -0.05) is 0 Å². The van der Waals surface area contributed by atoms with Gasteiger partial charge in [0.2, 0.25) is 0 Å². The third kappa shape index (κ3) is 3.12.